The second kappa shape index (κ2) is 7.17. The Hall–Kier alpha value is -2.04. The lowest BCUT2D eigenvalue weighted by atomic mass is 9.95. The van der Waals surface area contributed by atoms with Crippen LogP contribution >= 0.6 is 23.1 Å². The lowest BCUT2D eigenvalue weighted by Crippen LogP contribution is -2.16. The lowest BCUT2D eigenvalue weighted by Gasteiger charge is -2.12. The van der Waals surface area contributed by atoms with E-state index in [4.69, 9.17) is 4.74 Å². The van der Waals surface area contributed by atoms with Gasteiger partial charge in [-0.3, -0.25) is 4.72 Å². The molecule has 0 bridgehead atoms. The number of nitrogens with one attached hydrogen (secondary N) is 1. The van der Waals surface area contributed by atoms with Crippen molar-refractivity contribution in [3.63, 3.8) is 0 Å². The molecule has 2 aromatic heterocycles. The molecule has 0 aliphatic heterocycles. The standard InChI is InChI=1S/C17H17N3O4S3/c1-2-24-17(21)14-10-6-3-4-8-12(10)25-16(14)20-27(22,23)13-9-5-7-11-15(13)19-26-18-11/h5,7,9,20H,2-4,6,8H2,1H3. The third kappa shape index (κ3) is 3.32. The largest absolute Gasteiger partial charge is 0.462 e. The van der Waals surface area contributed by atoms with Crippen LogP contribution in [0.1, 0.15) is 40.6 Å². The Kier molecular flexibility index (Phi) is 4.87. The van der Waals surface area contributed by atoms with Gasteiger partial charge in [0.1, 0.15) is 20.9 Å². The van der Waals surface area contributed by atoms with Crippen molar-refractivity contribution in [2.24, 2.45) is 0 Å². The number of benzene rings is 1. The van der Waals surface area contributed by atoms with Crippen LogP contribution < -0.4 is 4.72 Å². The predicted octanol–water partition coefficient (Wildman–Crippen LogP) is 3.61. The molecule has 0 radical (unpaired) electrons. The third-order valence-electron chi connectivity index (χ3n) is 4.42. The fraction of sp³-hybridized carbons (Fsp3) is 0.353. The lowest BCUT2D eigenvalue weighted by molar-refractivity contribution is 0.0526. The van der Waals surface area contributed by atoms with E-state index < -0.39 is 16.0 Å². The minimum absolute atomic E-state index is 0.0509. The van der Waals surface area contributed by atoms with Gasteiger partial charge in [-0.05, 0) is 50.3 Å². The molecule has 27 heavy (non-hydrogen) atoms. The number of esters is 1. The van der Waals surface area contributed by atoms with Gasteiger partial charge >= 0.3 is 5.97 Å². The molecule has 0 fully saturated rings. The monoisotopic (exact) mass is 423 g/mol. The molecule has 0 saturated heterocycles. The van der Waals surface area contributed by atoms with E-state index in [-0.39, 0.29) is 11.5 Å². The highest BCUT2D eigenvalue weighted by Crippen LogP contribution is 2.39. The van der Waals surface area contributed by atoms with Gasteiger partial charge in [0.15, 0.2) is 0 Å². The van der Waals surface area contributed by atoms with E-state index in [9.17, 15) is 13.2 Å². The van der Waals surface area contributed by atoms with Gasteiger partial charge in [0, 0.05) is 4.88 Å². The second-order valence-corrected chi connectivity index (χ2v) is 9.41. The number of aryl methyl sites for hydroxylation is 1. The van der Waals surface area contributed by atoms with Crippen molar-refractivity contribution in [3.8, 4) is 0 Å². The van der Waals surface area contributed by atoms with E-state index in [0.29, 0.717) is 21.6 Å². The number of anilines is 1. The summed E-state index contributed by atoms with van der Waals surface area (Å²) in [7, 11) is -3.92. The van der Waals surface area contributed by atoms with Crippen LogP contribution in [-0.2, 0) is 27.6 Å². The molecular weight excluding hydrogens is 406 g/mol. The highest BCUT2D eigenvalue weighted by molar-refractivity contribution is 7.93. The number of carbonyl (C=O) groups is 1. The van der Waals surface area contributed by atoms with Crippen molar-refractivity contribution in [2.75, 3.05) is 11.3 Å². The van der Waals surface area contributed by atoms with Crippen molar-refractivity contribution < 1.29 is 17.9 Å². The molecule has 3 aromatic rings. The van der Waals surface area contributed by atoms with Crippen molar-refractivity contribution >= 4 is 55.1 Å². The molecule has 1 aliphatic rings. The summed E-state index contributed by atoms with van der Waals surface area (Å²) >= 11 is 2.28. The number of rotatable bonds is 5. The van der Waals surface area contributed by atoms with Crippen LogP contribution in [0.4, 0.5) is 5.00 Å². The van der Waals surface area contributed by atoms with Gasteiger partial charge in [-0.15, -0.1) is 11.3 Å². The Bertz CT molecular complexity index is 1120. The highest BCUT2D eigenvalue weighted by Gasteiger charge is 2.29. The third-order valence-corrected chi connectivity index (χ3v) is 7.68. The minimum atomic E-state index is -3.92. The van der Waals surface area contributed by atoms with E-state index in [1.54, 1.807) is 19.1 Å². The fourth-order valence-electron chi connectivity index (χ4n) is 3.23. The van der Waals surface area contributed by atoms with Gasteiger partial charge in [-0.25, -0.2) is 13.2 Å². The van der Waals surface area contributed by atoms with Crippen molar-refractivity contribution in [1.82, 2.24) is 8.75 Å². The van der Waals surface area contributed by atoms with Crippen molar-refractivity contribution in [2.45, 2.75) is 37.5 Å². The molecule has 1 aromatic carbocycles. The topological polar surface area (TPSA) is 98.2 Å². The van der Waals surface area contributed by atoms with Crippen LogP contribution in [0.25, 0.3) is 11.0 Å². The van der Waals surface area contributed by atoms with Gasteiger partial charge in [0.05, 0.1) is 23.9 Å². The van der Waals surface area contributed by atoms with Gasteiger partial charge in [0.2, 0.25) is 0 Å². The smallest absolute Gasteiger partial charge is 0.341 e. The Morgan fingerprint density at radius 2 is 2.07 bits per heavy atom. The molecule has 2 heterocycles. The summed E-state index contributed by atoms with van der Waals surface area (Å²) in [6.07, 6.45) is 3.62. The summed E-state index contributed by atoms with van der Waals surface area (Å²) in [5.74, 6) is -0.483. The summed E-state index contributed by atoms with van der Waals surface area (Å²) in [6, 6.07) is 4.83. The van der Waals surface area contributed by atoms with Gasteiger partial charge in [-0.1, -0.05) is 6.07 Å². The summed E-state index contributed by atoms with van der Waals surface area (Å²) in [5, 5.41) is 0.320. The first-order valence-electron chi connectivity index (χ1n) is 8.57. The summed E-state index contributed by atoms with van der Waals surface area (Å²) in [5.41, 5.74) is 2.12. The number of thiophene rings is 1. The van der Waals surface area contributed by atoms with E-state index in [2.05, 4.69) is 13.5 Å². The van der Waals surface area contributed by atoms with Crippen LogP contribution in [0.3, 0.4) is 0 Å². The zero-order valence-electron chi connectivity index (χ0n) is 14.5. The van der Waals surface area contributed by atoms with E-state index >= 15 is 0 Å². The first-order chi connectivity index (χ1) is 13.0. The Labute approximate surface area is 164 Å². The predicted molar refractivity (Wildman–Crippen MR) is 105 cm³/mol. The Morgan fingerprint density at radius 3 is 2.89 bits per heavy atom. The molecule has 0 amide bonds. The van der Waals surface area contributed by atoms with Crippen molar-refractivity contribution in [1.29, 1.82) is 0 Å². The summed E-state index contributed by atoms with van der Waals surface area (Å²) in [6.45, 7) is 1.97. The number of sulfonamides is 1. The maximum atomic E-state index is 13.0. The zero-order valence-corrected chi connectivity index (χ0v) is 17.0. The quantitative estimate of drug-likeness (QED) is 0.630. The number of ether oxygens (including phenoxy) is 1. The molecule has 0 atom stereocenters. The molecule has 142 valence electrons. The highest BCUT2D eigenvalue weighted by atomic mass is 32.2. The molecule has 0 spiro atoms. The van der Waals surface area contributed by atoms with Crippen LogP contribution in [0.5, 0.6) is 0 Å². The van der Waals surface area contributed by atoms with Gasteiger partial charge < -0.3 is 4.74 Å². The summed E-state index contributed by atoms with van der Waals surface area (Å²) in [4.78, 5) is 13.6. The number of carbonyl (C=O) groups excluding carboxylic acids is 1. The molecule has 4 rings (SSSR count). The first-order valence-corrected chi connectivity index (χ1v) is 11.6. The SMILES string of the molecule is CCOC(=O)c1c(NS(=O)(=O)c2cccc3nsnc23)sc2c1CCCC2. The van der Waals surface area contributed by atoms with E-state index in [1.165, 1.54) is 17.4 Å². The first kappa shape index (κ1) is 18.3. The average molecular weight is 424 g/mol. The van der Waals surface area contributed by atoms with E-state index in [1.807, 2.05) is 0 Å². The van der Waals surface area contributed by atoms with Crippen LogP contribution in [-0.4, -0.2) is 29.7 Å². The molecule has 1 aliphatic carbocycles. The molecule has 0 saturated carbocycles. The number of aromatic nitrogens is 2. The average Bonchev–Trinajstić information content (AvgIpc) is 3.24. The normalized spacial score (nSPS) is 14.1. The maximum Gasteiger partial charge on any atom is 0.341 e. The maximum absolute atomic E-state index is 13.0. The molecule has 1 N–H and O–H groups in total. The molecule has 0 unspecified atom stereocenters. The van der Waals surface area contributed by atoms with Crippen LogP contribution in [0.2, 0.25) is 0 Å². The Morgan fingerprint density at radius 1 is 1.26 bits per heavy atom. The fourth-order valence-corrected chi connectivity index (χ4v) is 6.58. The number of nitrogens with zero attached hydrogens (tertiary/aromatic N) is 2. The number of hydrogen-bond acceptors (Lipinski definition) is 8. The van der Waals surface area contributed by atoms with Crippen LogP contribution in [0.15, 0.2) is 23.1 Å². The number of hydrogen-bond donors (Lipinski definition) is 1. The Balaban J connectivity index is 1.79. The molecule has 10 heteroatoms. The minimum Gasteiger partial charge on any atom is -0.462 e. The molecule has 7 nitrogen and oxygen atoms in total. The van der Waals surface area contributed by atoms with Crippen LogP contribution in [0, 0.1) is 0 Å². The molecular formula is C17H17N3O4S3. The van der Waals surface area contributed by atoms with Gasteiger partial charge in [-0.2, -0.15) is 8.75 Å². The second-order valence-electron chi connectivity index (χ2n) is 6.13. The van der Waals surface area contributed by atoms with Crippen molar-refractivity contribution in [3.05, 3.63) is 34.2 Å². The number of fused-ring (bicyclic) bond motifs is 2. The van der Waals surface area contributed by atoms with E-state index in [0.717, 1.165) is 47.9 Å². The summed E-state index contributed by atoms with van der Waals surface area (Å²) < 4.78 is 42.1. The van der Waals surface area contributed by atoms with Gasteiger partial charge in [0.25, 0.3) is 10.0 Å². The zero-order chi connectivity index (χ0) is 19.0.